The minimum Gasteiger partial charge on any atom is -0.497 e. The number of carbonyl (C=O) groups is 1. The molecule has 0 fully saturated rings. The molecule has 0 spiro atoms. The van der Waals surface area contributed by atoms with Crippen LogP contribution in [-0.2, 0) is 0 Å². The van der Waals surface area contributed by atoms with Crippen LogP contribution in [0.5, 0.6) is 11.5 Å². The standard InChI is InChI=1S/C15H18N2O4/c1-15(2,8-18)17-11(7-16)13-10(14(17)19)5-9(20-3)6-12(13)21-4/h5-6,11,18H,8H2,1-4H3. The van der Waals surface area contributed by atoms with Gasteiger partial charge in [-0.2, -0.15) is 5.26 Å². The van der Waals surface area contributed by atoms with E-state index in [2.05, 4.69) is 6.07 Å². The van der Waals surface area contributed by atoms with Crippen molar-refractivity contribution in [1.29, 1.82) is 5.26 Å². The topological polar surface area (TPSA) is 82.8 Å². The third kappa shape index (κ3) is 2.20. The molecule has 1 atom stereocenters. The van der Waals surface area contributed by atoms with E-state index in [1.165, 1.54) is 19.1 Å². The lowest BCUT2D eigenvalue weighted by molar-refractivity contribution is 0.0336. The molecule has 1 amide bonds. The molecule has 0 aromatic heterocycles. The number of hydrogen-bond acceptors (Lipinski definition) is 5. The Balaban J connectivity index is 2.67. The summed E-state index contributed by atoms with van der Waals surface area (Å²) >= 11 is 0. The molecule has 1 aliphatic rings. The van der Waals surface area contributed by atoms with E-state index in [9.17, 15) is 15.2 Å². The van der Waals surface area contributed by atoms with Crippen molar-refractivity contribution in [2.45, 2.75) is 25.4 Å². The summed E-state index contributed by atoms with van der Waals surface area (Å²) in [5.74, 6) is 0.604. The van der Waals surface area contributed by atoms with Crippen molar-refractivity contribution in [2.75, 3.05) is 20.8 Å². The number of hydrogen-bond donors (Lipinski definition) is 1. The van der Waals surface area contributed by atoms with E-state index >= 15 is 0 Å². The molecule has 1 aromatic rings. The molecule has 0 saturated carbocycles. The second-order valence-corrected chi connectivity index (χ2v) is 5.47. The van der Waals surface area contributed by atoms with Crippen molar-refractivity contribution in [1.82, 2.24) is 4.90 Å². The first-order valence-electron chi connectivity index (χ1n) is 6.51. The number of aliphatic hydroxyl groups is 1. The fraction of sp³-hybridized carbons (Fsp3) is 0.467. The molecule has 1 aliphatic heterocycles. The SMILES string of the molecule is COc1cc(OC)c2c(c1)C(=O)N(C(C)(C)CO)C2C#N. The van der Waals surface area contributed by atoms with Crippen molar-refractivity contribution >= 4 is 5.91 Å². The summed E-state index contributed by atoms with van der Waals surface area (Å²) in [6.07, 6.45) is 0. The Kier molecular flexibility index (Phi) is 3.79. The highest BCUT2D eigenvalue weighted by atomic mass is 16.5. The number of carbonyl (C=O) groups excluding carboxylic acids is 1. The van der Waals surface area contributed by atoms with Crippen LogP contribution in [0.25, 0.3) is 0 Å². The number of amides is 1. The van der Waals surface area contributed by atoms with Crippen LogP contribution < -0.4 is 9.47 Å². The maximum atomic E-state index is 12.7. The first kappa shape index (κ1) is 15.1. The third-order valence-electron chi connectivity index (χ3n) is 3.71. The molecule has 2 rings (SSSR count). The molecular weight excluding hydrogens is 272 g/mol. The minimum absolute atomic E-state index is 0.246. The largest absolute Gasteiger partial charge is 0.497 e. The zero-order chi connectivity index (χ0) is 15.8. The van der Waals surface area contributed by atoms with Crippen molar-refractivity contribution in [3.8, 4) is 17.6 Å². The maximum Gasteiger partial charge on any atom is 0.256 e. The molecule has 0 aliphatic carbocycles. The Morgan fingerprint density at radius 1 is 1.38 bits per heavy atom. The van der Waals surface area contributed by atoms with Gasteiger partial charge in [0.05, 0.1) is 38.0 Å². The van der Waals surface area contributed by atoms with Crippen molar-refractivity contribution in [2.24, 2.45) is 0 Å². The van der Waals surface area contributed by atoms with E-state index in [1.54, 1.807) is 26.0 Å². The Morgan fingerprint density at radius 3 is 2.52 bits per heavy atom. The Morgan fingerprint density at radius 2 is 2.05 bits per heavy atom. The predicted octanol–water partition coefficient (Wildman–Crippen LogP) is 1.50. The van der Waals surface area contributed by atoms with Gasteiger partial charge in [-0.1, -0.05) is 0 Å². The molecule has 112 valence electrons. The van der Waals surface area contributed by atoms with Crippen molar-refractivity contribution < 1.29 is 19.4 Å². The van der Waals surface area contributed by atoms with E-state index in [-0.39, 0.29) is 12.5 Å². The van der Waals surface area contributed by atoms with Gasteiger partial charge < -0.3 is 19.5 Å². The van der Waals surface area contributed by atoms with Crippen LogP contribution in [0.3, 0.4) is 0 Å². The molecule has 21 heavy (non-hydrogen) atoms. The van der Waals surface area contributed by atoms with E-state index in [0.717, 1.165) is 0 Å². The van der Waals surface area contributed by atoms with Gasteiger partial charge in [-0.15, -0.1) is 0 Å². The normalized spacial score (nSPS) is 17.4. The highest BCUT2D eigenvalue weighted by molar-refractivity contribution is 6.01. The van der Waals surface area contributed by atoms with Gasteiger partial charge in [-0.3, -0.25) is 4.79 Å². The monoisotopic (exact) mass is 290 g/mol. The van der Waals surface area contributed by atoms with E-state index in [1.807, 2.05) is 0 Å². The summed E-state index contributed by atoms with van der Waals surface area (Å²) in [4.78, 5) is 14.0. The number of nitriles is 1. The van der Waals surface area contributed by atoms with Gasteiger partial charge in [-0.25, -0.2) is 0 Å². The van der Waals surface area contributed by atoms with E-state index in [0.29, 0.717) is 22.6 Å². The quantitative estimate of drug-likeness (QED) is 0.908. The predicted molar refractivity (Wildman–Crippen MR) is 75.2 cm³/mol. The molecule has 1 N–H and O–H groups in total. The van der Waals surface area contributed by atoms with Crippen LogP contribution in [0, 0.1) is 11.3 Å². The summed E-state index contributed by atoms with van der Waals surface area (Å²) in [5, 5.41) is 19.0. The summed E-state index contributed by atoms with van der Waals surface area (Å²) in [6.45, 7) is 3.18. The smallest absolute Gasteiger partial charge is 0.256 e. The van der Waals surface area contributed by atoms with Gasteiger partial charge in [0.2, 0.25) is 0 Å². The average molecular weight is 290 g/mol. The molecule has 0 saturated heterocycles. The lowest BCUT2D eigenvalue weighted by Gasteiger charge is -2.36. The number of rotatable bonds is 4. The van der Waals surface area contributed by atoms with Crippen LogP contribution in [-0.4, -0.2) is 42.3 Å². The average Bonchev–Trinajstić information content (AvgIpc) is 2.79. The molecular formula is C15H18N2O4. The van der Waals surface area contributed by atoms with Crippen LogP contribution in [0.15, 0.2) is 12.1 Å². The highest BCUT2D eigenvalue weighted by Gasteiger charge is 2.46. The fourth-order valence-corrected chi connectivity index (χ4v) is 2.55. The third-order valence-corrected chi connectivity index (χ3v) is 3.71. The van der Waals surface area contributed by atoms with Crippen LogP contribution in [0.4, 0.5) is 0 Å². The van der Waals surface area contributed by atoms with E-state index in [4.69, 9.17) is 9.47 Å². The van der Waals surface area contributed by atoms with Crippen LogP contribution in [0.1, 0.15) is 35.8 Å². The molecule has 1 aromatic carbocycles. The second kappa shape index (κ2) is 5.26. The first-order valence-corrected chi connectivity index (χ1v) is 6.51. The van der Waals surface area contributed by atoms with Crippen molar-refractivity contribution in [3.05, 3.63) is 23.3 Å². The molecule has 6 nitrogen and oxygen atoms in total. The number of benzene rings is 1. The second-order valence-electron chi connectivity index (χ2n) is 5.47. The Hall–Kier alpha value is -2.26. The Labute approximate surface area is 123 Å². The van der Waals surface area contributed by atoms with Gasteiger partial charge in [0, 0.05) is 11.6 Å². The first-order chi connectivity index (χ1) is 9.91. The Bertz CT molecular complexity index is 619. The lowest BCUT2D eigenvalue weighted by atomic mass is 10.0. The molecule has 6 heteroatoms. The number of fused-ring (bicyclic) bond motifs is 1. The number of aliphatic hydroxyl groups excluding tert-OH is 1. The molecule has 0 radical (unpaired) electrons. The van der Waals surface area contributed by atoms with Gasteiger partial charge in [0.15, 0.2) is 0 Å². The zero-order valence-corrected chi connectivity index (χ0v) is 12.5. The fourth-order valence-electron chi connectivity index (χ4n) is 2.55. The maximum absolute atomic E-state index is 12.7. The van der Waals surface area contributed by atoms with Crippen LogP contribution in [0.2, 0.25) is 0 Å². The van der Waals surface area contributed by atoms with Gasteiger partial charge in [-0.05, 0) is 19.9 Å². The van der Waals surface area contributed by atoms with Crippen LogP contribution >= 0.6 is 0 Å². The van der Waals surface area contributed by atoms with Gasteiger partial charge in [0.25, 0.3) is 5.91 Å². The summed E-state index contributed by atoms with van der Waals surface area (Å²) in [5.41, 5.74) is 0.0426. The molecule has 1 heterocycles. The molecule has 0 bridgehead atoms. The zero-order valence-electron chi connectivity index (χ0n) is 12.5. The number of methoxy groups -OCH3 is 2. The van der Waals surface area contributed by atoms with Crippen molar-refractivity contribution in [3.63, 3.8) is 0 Å². The number of nitrogens with zero attached hydrogens (tertiary/aromatic N) is 2. The molecule has 1 unspecified atom stereocenters. The lowest BCUT2D eigenvalue weighted by Crippen LogP contribution is -2.48. The van der Waals surface area contributed by atoms with E-state index < -0.39 is 11.6 Å². The van der Waals surface area contributed by atoms with Gasteiger partial charge in [0.1, 0.15) is 17.5 Å². The summed E-state index contributed by atoms with van der Waals surface area (Å²) in [7, 11) is 2.98. The summed E-state index contributed by atoms with van der Waals surface area (Å²) in [6, 6.07) is 4.57. The minimum atomic E-state index is -0.852. The van der Waals surface area contributed by atoms with Gasteiger partial charge >= 0.3 is 0 Å². The number of ether oxygens (including phenoxy) is 2. The summed E-state index contributed by atoms with van der Waals surface area (Å²) < 4.78 is 10.5. The highest BCUT2D eigenvalue weighted by Crippen LogP contribution is 2.44.